The van der Waals surface area contributed by atoms with Crippen molar-refractivity contribution < 1.29 is 9.59 Å². The fourth-order valence-electron chi connectivity index (χ4n) is 1.56. The topological polar surface area (TPSA) is 62.3 Å². The van der Waals surface area contributed by atoms with Crippen molar-refractivity contribution in [2.45, 2.75) is 34.1 Å². The second-order valence-electron chi connectivity index (χ2n) is 5.53. The molecule has 1 aromatic heterocycles. The number of nitrogens with one attached hydrogen (secondary N) is 1. The van der Waals surface area contributed by atoms with Gasteiger partial charge in [-0.2, -0.15) is 0 Å². The van der Waals surface area contributed by atoms with Gasteiger partial charge >= 0.3 is 0 Å². The molecule has 1 heterocycles. The number of amides is 2. The SMILES string of the molecule is CCN(CC(=O)Nc1nccs1)C(=O)CC(C)(C)C. The van der Waals surface area contributed by atoms with Crippen LogP contribution < -0.4 is 5.32 Å². The lowest BCUT2D eigenvalue weighted by Gasteiger charge is -2.25. The molecule has 0 aliphatic heterocycles. The van der Waals surface area contributed by atoms with Crippen LogP contribution in [0.4, 0.5) is 5.13 Å². The van der Waals surface area contributed by atoms with Crippen molar-refractivity contribution >= 4 is 28.3 Å². The number of carbonyl (C=O) groups is 2. The van der Waals surface area contributed by atoms with Gasteiger partial charge in [0.05, 0.1) is 6.54 Å². The summed E-state index contributed by atoms with van der Waals surface area (Å²) in [5, 5.41) is 5.03. The van der Waals surface area contributed by atoms with Crippen LogP contribution in [0.5, 0.6) is 0 Å². The molecule has 1 N–H and O–H groups in total. The summed E-state index contributed by atoms with van der Waals surface area (Å²) in [4.78, 5) is 29.4. The Balaban J connectivity index is 2.52. The van der Waals surface area contributed by atoms with E-state index >= 15 is 0 Å². The van der Waals surface area contributed by atoms with Crippen molar-refractivity contribution in [3.63, 3.8) is 0 Å². The second-order valence-corrected chi connectivity index (χ2v) is 6.43. The van der Waals surface area contributed by atoms with Gasteiger partial charge in [-0.25, -0.2) is 4.98 Å². The maximum Gasteiger partial charge on any atom is 0.245 e. The summed E-state index contributed by atoms with van der Waals surface area (Å²) < 4.78 is 0. The van der Waals surface area contributed by atoms with Crippen molar-refractivity contribution in [1.82, 2.24) is 9.88 Å². The highest BCUT2D eigenvalue weighted by Gasteiger charge is 2.22. The van der Waals surface area contributed by atoms with E-state index in [4.69, 9.17) is 0 Å². The zero-order valence-electron chi connectivity index (χ0n) is 11.9. The third kappa shape index (κ3) is 5.83. The number of hydrogen-bond acceptors (Lipinski definition) is 4. The van der Waals surface area contributed by atoms with Crippen molar-refractivity contribution in [2.24, 2.45) is 5.41 Å². The van der Waals surface area contributed by atoms with Crippen LogP contribution in [0.25, 0.3) is 0 Å². The van der Waals surface area contributed by atoms with Gasteiger partial charge in [0.1, 0.15) is 0 Å². The molecule has 0 spiro atoms. The van der Waals surface area contributed by atoms with E-state index in [0.29, 0.717) is 18.1 Å². The minimum Gasteiger partial charge on any atom is -0.334 e. The van der Waals surface area contributed by atoms with Crippen LogP contribution >= 0.6 is 11.3 Å². The lowest BCUT2D eigenvalue weighted by molar-refractivity contribution is -0.136. The number of likely N-dealkylation sites (N-methyl/N-ethyl adjacent to an activating group) is 1. The summed E-state index contributed by atoms with van der Waals surface area (Å²) >= 11 is 1.36. The van der Waals surface area contributed by atoms with Crippen molar-refractivity contribution in [3.8, 4) is 0 Å². The lowest BCUT2D eigenvalue weighted by Crippen LogP contribution is -2.39. The van der Waals surface area contributed by atoms with Gasteiger partial charge in [0.15, 0.2) is 5.13 Å². The van der Waals surface area contributed by atoms with Gasteiger partial charge in [-0.3, -0.25) is 9.59 Å². The average Bonchev–Trinajstić information content (AvgIpc) is 2.75. The monoisotopic (exact) mass is 283 g/mol. The van der Waals surface area contributed by atoms with Gasteiger partial charge in [0, 0.05) is 24.5 Å². The summed E-state index contributed by atoms with van der Waals surface area (Å²) in [6.07, 6.45) is 2.06. The van der Waals surface area contributed by atoms with Gasteiger partial charge in [-0.05, 0) is 12.3 Å². The van der Waals surface area contributed by atoms with Crippen LogP contribution in [0, 0.1) is 5.41 Å². The Labute approximate surface area is 118 Å². The third-order valence-corrected chi connectivity index (χ3v) is 3.12. The summed E-state index contributed by atoms with van der Waals surface area (Å²) in [6.45, 7) is 8.50. The number of carbonyl (C=O) groups excluding carboxylic acids is 2. The van der Waals surface area contributed by atoms with Crippen molar-refractivity contribution in [3.05, 3.63) is 11.6 Å². The molecule has 0 atom stereocenters. The highest BCUT2D eigenvalue weighted by molar-refractivity contribution is 7.13. The Morgan fingerprint density at radius 2 is 2.11 bits per heavy atom. The maximum absolute atomic E-state index is 12.1. The van der Waals surface area contributed by atoms with E-state index in [1.807, 2.05) is 27.7 Å². The third-order valence-electron chi connectivity index (χ3n) is 2.43. The Hall–Kier alpha value is -1.43. The van der Waals surface area contributed by atoms with Crippen molar-refractivity contribution in [1.29, 1.82) is 0 Å². The Kier molecular flexibility index (Phi) is 5.47. The highest BCUT2D eigenvalue weighted by Crippen LogP contribution is 2.19. The summed E-state index contributed by atoms with van der Waals surface area (Å²) in [5.74, 6) is -0.205. The number of nitrogens with zero attached hydrogens (tertiary/aromatic N) is 2. The van der Waals surface area contributed by atoms with Gasteiger partial charge < -0.3 is 10.2 Å². The first kappa shape index (κ1) is 15.6. The molecule has 19 heavy (non-hydrogen) atoms. The lowest BCUT2D eigenvalue weighted by atomic mass is 9.91. The number of anilines is 1. The summed E-state index contributed by atoms with van der Waals surface area (Å²) in [5.41, 5.74) is -0.0731. The van der Waals surface area contributed by atoms with E-state index in [1.54, 1.807) is 16.5 Å². The molecular formula is C13H21N3O2S. The molecule has 0 aromatic carbocycles. The molecule has 1 aromatic rings. The molecule has 0 radical (unpaired) electrons. The van der Waals surface area contributed by atoms with Crippen molar-refractivity contribution in [2.75, 3.05) is 18.4 Å². The van der Waals surface area contributed by atoms with E-state index in [9.17, 15) is 9.59 Å². The van der Waals surface area contributed by atoms with Crippen LogP contribution in [0.3, 0.4) is 0 Å². The first-order valence-corrected chi connectivity index (χ1v) is 7.17. The minimum absolute atomic E-state index is 0.00397. The Morgan fingerprint density at radius 3 is 2.58 bits per heavy atom. The zero-order chi connectivity index (χ0) is 14.5. The van der Waals surface area contributed by atoms with Gasteiger partial charge in [0.2, 0.25) is 11.8 Å². The Bertz CT molecular complexity index is 424. The summed E-state index contributed by atoms with van der Waals surface area (Å²) in [6, 6.07) is 0. The normalized spacial score (nSPS) is 11.2. The van der Waals surface area contributed by atoms with Crippen LogP contribution in [-0.2, 0) is 9.59 Å². The molecule has 0 unspecified atom stereocenters. The second kappa shape index (κ2) is 6.65. The number of thiazole rings is 1. The summed E-state index contributed by atoms with van der Waals surface area (Å²) in [7, 11) is 0. The first-order chi connectivity index (χ1) is 8.81. The van der Waals surface area contributed by atoms with Crippen LogP contribution in [0.15, 0.2) is 11.6 Å². The molecule has 0 aliphatic rings. The van der Waals surface area contributed by atoms with E-state index in [1.165, 1.54) is 11.3 Å². The molecule has 106 valence electrons. The molecule has 0 bridgehead atoms. The molecule has 0 aliphatic carbocycles. The molecule has 0 saturated carbocycles. The van der Waals surface area contributed by atoms with Crippen LogP contribution in [-0.4, -0.2) is 34.8 Å². The number of rotatable bonds is 5. The van der Waals surface area contributed by atoms with Crippen LogP contribution in [0.2, 0.25) is 0 Å². The van der Waals surface area contributed by atoms with E-state index in [2.05, 4.69) is 10.3 Å². The minimum atomic E-state index is -0.209. The molecule has 6 heteroatoms. The molecule has 1 rings (SSSR count). The smallest absolute Gasteiger partial charge is 0.245 e. The fourth-order valence-corrected chi connectivity index (χ4v) is 2.10. The number of hydrogen-bond donors (Lipinski definition) is 1. The van der Waals surface area contributed by atoms with Gasteiger partial charge in [-0.15, -0.1) is 11.3 Å². The quantitative estimate of drug-likeness (QED) is 0.902. The van der Waals surface area contributed by atoms with E-state index in [0.717, 1.165) is 0 Å². The van der Waals surface area contributed by atoms with Gasteiger partial charge in [-0.1, -0.05) is 20.8 Å². The zero-order valence-corrected chi connectivity index (χ0v) is 12.7. The number of aromatic nitrogens is 1. The standard InChI is InChI=1S/C13H21N3O2S/c1-5-16(11(18)8-13(2,3)4)9-10(17)15-12-14-6-7-19-12/h6-7H,5,8-9H2,1-4H3,(H,14,15,17). The predicted octanol–water partition coefficient (Wildman–Crippen LogP) is 2.37. The molecule has 0 saturated heterocycles. The average molecular weight is 283 g/mol. The predicted molar refractivity (Wildman–Crippen MR) is 77.1 cm³/mol. The fraction of sp³-hybridized carbons (Fsp3) is 0.615. The van der Waals surface area contributed by atoms with Crippen LogP contribution in [0.1, 0.15) is 34.1 Å². The highest BCUT2D eigenvalue weighted by atomic mass is 32.1. The molecule has 5 nitrogen and oxygen atoms in total. The maximum atomic E-state index is 12.1. The first-order valence-electron chi connectivity index (χ1n) is 6.29. The Morgan fingerprint density at radius 1 is 1.42 bits per heavy atom. The van der Waals surface area contributed by atoms with E-state index < -0.39 is 0 Å². The molecule has 0 fully saturated rings. The molecular weight excluding hydrogens is 262 g/mol. The largest absolute Gasteiger partial charge is 0.334 e. The van der Waals surface area contributed by atoms with Gasteiger partial charge in [0.25, 0.3) is 0 Å². The van der Waals surface area contributed by atoms with E-state index in [-0.39, 0.29) is 23.8 Å². The molecule has 2 amide bonds.